The van der Waals surface area contributed by atoms with E-state index < -0.39 is 0 Å². The van der Waals surface area contributed by atoms with Gasteiger partial charge in [-0.15, -0.1) is 0 Å². The summed E-state index contributed by atoms with van der Waals surface area (Å²) in [7, 11) is 3.95. The van der Waals surface area contributed by atoms with Gasteiger partial charge >= 0.3 is 0 Å². The van der Waals surface area contributed by atoms with Crippen molar-refractivity contribution in [1.82, 2.24) is 29.9 Å². The number of para-hydroxylation sites is 1. The van der Waals surface area contributed by atoms with E-state index in [2.05, 4.69) is 15.4 Å². The molecular weight excluding hydrogens is 344 g/mol. The molecule has 1 aliphatic heterocycles. The van der Waals surface area contributed by atoms with E-state index in [9.17, 15) is 9.59 Å². The molecule has 0 spiro atoms. The molecule has 1 fully saturated rings. The lowest BCUT2D eigenvalue weighted by Gasteiger charge is -2.32. The van der Waals surface area contributed by atoms with Gasteiger partial charge in [0.05, 0.1) is 11.6 Å². The maximum Gasteiger partial charge on any atom is 0.225 e. The fourth-order valence-corrected chi connectivity index (χ4v) is 3.21. The van der Waals surface area contributed by atoms with Crippen LogP contribution in [0.5, 0.6) is 0 Å². The molecule has 2 heterocycles. The molecule has 8 nitrogen and oxygen atoms in total. The van der Waals surface area contributed by atoms with E-state index >= 15 is 0 Å². The highest BCUT2D eigenvalue weighted by Gasteiger charge is 2.29. The van der Waals surface area contributed by atoms with Gasteiger partial charge in [-0.2, -0.15) is 5.10 Å². The zero-order valence-electron chi connectivity index (χ0n) is 15.8. The second-order valence-corrected chi connectivity index (χ2v) is 7.07. The van der Waals surface area contributed by atoms with Crippen LogP contribution in [0.3, 0.4) is 0 Å². The summed E-state index contributed by atoms with van der Waals surface area (Å²) in [6.07, 6.45) is 4.15. The lowest BCUT2D eigenvalue weighted by molar-refractivity contribution is -0.138. The minimum Gasteiger partial charge on any atom is -0.352 e. The van der Waals surface area contributed by atoms with Crippen molar-refractivity contribution in [3.63, 3.8) is 0 Å². The number of hydrogen-bond acceptors (Lipinski definition) is 5. The normalized spacial score (nSPS) is 17.4. The van der Waals surface area contributed by atoms with Crippen LogP contribution in [0.25, 0.3) is 5.69 Å². The molecule has 27 heavy (non-hydrogen) atoms. The molecule has 0 saturated carbocycles. The summed E-state index contributed by atoms with van der Waals surface area (Å²) in [6.45, 7) is 2.36. The number of hydrogen-bond donors (Lipinski definition) is 1. The zero-order chi connectivity index (χ0) is 19.2. The Morgan fingerprint density at radius 2 is 2.15 bits per heavy atom. The van der Waals surface area contributed by atoms with Gasteiger partial charge in [0, 0.05) is 32.6 Å². The minimum atomic E-state index is -0.164. The van der Waals surface area contributed by atoms with Crippen LogP contribution < -0.4 is 5.32 Å². The molecule has 8 heteroatoms. The first kappa shape index (κ1) is 19.0. The monoisotopic (exact) mass is 370 g/mol. The molecule has 3 rings (SSSR count). The summed E-state index contributed by atoms with van der Waals surface area (Å²) in [6, 6.07) is 7.77. The number of nitrogens with zero attached hydrogens (tertiary/aromatic N) is 5. The van der Waals surface area contributed by atoms with Crippen molar-refractivity contribution < 1.29 is 9.59 Å². The predicted octanol–water partition coefficient (Wildman–Crippen LogP) is 0.684. The van der Waals surface area contributed by atoms with Crippen molar-refractivity contribution in [2.75, 3.05) is 33.7 Å². The molecule has 2 aromatic rings. The van der Waals surface area contributed by atoms with Crippen LogP contribution in [0, 0.1) is 5.92 Å². The van der Waals surface area contributed by atoms with E-state index in [0.29, 0.717) is 32.5 Å². The van der Waals surface area contributed by atoms with Crippen molar-refractivity contribution >= 4 is 11.8 Å². The Hall–Kier alpha value is -2.74. The zero-order valence-corrected chi connectivity index (χ0v) is 15.8. The highest BCUT2D eigenvalue weighted by Crippen LogP contribution is 2.18. The molecule has 1 N–H and O–H groups in total. The topological polar surface area (TPSA) is 83.4 Å². The number of amides is 2. The van der Waals surface area contributed by atoms with Gasteiger partial charge in [0.15, 0.2) is 0 Å². The number of likely N-dealkylation sites (tertiary alicyclic amines) is 1. The first-order valence-electron chi connectivity index (χ1n) is 9.17. The van der Waals surface area contributed by atoms with E-state index in [0.717, 1.165) is 17.8 Å². The van der Waals surface area contributed by atoms with Crippen LogP contribution in [0.4, 0.5) is 0 Å². The summed E-state index contributed by atoms with van der Waals surface area (Å²) in [5.41, 5.74) is 1.86. The Morgan fingerprint density at radius 3 is 2.89 bits per heavy atom. The molecular formula is C19H26N6O2. The van der Waals surface area contributed by atoms with Crippen molar-refractivity contribution in [2.24, 2.45) is 5.92 Å². The minimum absolute atomic E-state index is 0.00857. The van der Waals surface area contributed by atoms with E-state index in [1.165, 1.54) is 6.33 Å². The quantitative estimate of drug-likeness (QED) is 0.775. The van der Waals surface area contributed by atoms with Crippen LogP contribution in [-0.4, -0.2) is 70.1 Å². The molecule has 1 atom stereocenters. The smallest absolute Gasteiger partial charge is 0.225 e. The van der Waals surface area contributed by atoms with Crippen LogP contribution >= 0.6 is 0 Å². The standard InChI is InChI=1S/C19H26N6O2/c1-23(2)9-10-24-12-16(7-8-18(24)26)19(27)21-11-15-5-3-4-6-17(15)25-14-20-13-22-25/h3-6,13-14,16H,7-12H2,1-2H3,(H,21,27)/t16-/m0/s1. The number of piperidine rings is 1. The van der Waals surface area contributed by atoms with Crippen LogP contribution in [0.1, 0.15) is 18.4 Å². The predicted molar refractivity (Wildman–Crippen MR) is 101 cm³/mol. The number of benzene rings is 1. The largest absolute Gasteiger partial charge is 0.352 e. The summed E-state index contributed by atoms with van der Waals surface area (Å²) in [5.74, 6) is -0.0356. The van der Waals surface area contributed by atoms with E-state index in [1.807, 2.05) is 43.3 Å². The third-order valence-electron chi connectivity index (χ3n) is 4.80. The average molecular weight is 370 g/mol. The molecule has 2 amide bonds. The maximum absolute atomic E-state index is 12.7. The molecule has 1 saturated heterocycles. The molecule has 144 valence electrons. The van der Waals surface area contributed by atoms with Gasteiger partial charge in [-0.1, -0.05) is 18.2 Å². The Balaban J connectivity index is 1.59. The van der Waals surface area contributed by atoms with Gasteiger partial charge in [-0.25, -0.2) is 9.67 Å². The lowest BCUT2D eigenvalue weighted by Crippen LogP contribution is -2.47. The molecule has 1 aliphatic rings. The van der Waals surface area contributed by atoms with Crippen LogP contribution in [0.2, 0.25) is 0 Å². The van der Waals surface area contributed by atoms with Crippen molar-refractivity contribution in [3.8, 4) is 5.69 Å². The molecule has 0 aliphatic carbocycles. The van der Waals surface area contributed by atoms with E-state index in [-0.39, 0.29) is 17.7 Å². The highest BCUT2D eigenvalue weighted by atomic mass is 16.2. The van der Waals surface area contributed by atoms with Crippen LogP contribution in [0.15, 0.2) is 36.9 Å². The molecule has 1 aromatic carbocycles. The third-order valence-corrected chi connectivity index (χ3v) is 4.80. The Morgan fingerprint density at radius 1 is 1.33 bits per heavy atom. The molecule has 0 unspecified atom stereocenters. The second kappa shape index (κ2) is 8.77. The number of carbonyl (C=O) groups excluding carboxylic acids is 2. The number of carbonyl (C=O) groups is 2. The van der Waals surface area contributed by atoms with Gasteiger partial charge in [0.2, 0.25) is 11.8 Å². The maximum atomic E-state index is 12.7. The third kappa shape index (κ3) is 4.91. The SMILES string of the molecule is CN(C)CCN1C[C@@H](C(=O)NCc2ccccc2-n2cncn2)CCC1=O. The summed E-state index contributed by atoms with van der Waals surface area (Å²) >= 11 is 0. The summed E-state index contributed by atoms with van der Waals surface area (Å²) in [5, 5.41) is 7.18. The van der Waals surface area contributed by atoms with Crippen molar-refractivity contribution in [2.45, 2.75) is 19.4 Å². The Labute approximate surface area is 159 Å². The Bertz CT molecular complexity index is 774. The fourth-order valence-electron chi connectivity index (χ4n) is 3.21. The van der Waals surface area contributed by atoms with Gasteiger partial charge < -0.3 is 15.1 Å². The second-order valence-electron chi connectivity index (χ2n) is 7.07. The molecule has 1 aromatic heterocycles. The highest BCUT2D eigenvalue weighted by molar-refractivity contribution is 5.83. The van der Waals surface area contributed by atoms with E-state index in [1.54, 1.807) is 15.9 Å². The molecule has 0 bridgehead atoms. The first-order chi connectivity index (χ1) is 13.0. The number of nitrogens with one attached hydrogen (secondary N) is 1. The number of rotatable bonds is 7. The van der Waals surface area contributed by atoms with Crippen molar-refractivity contribution in [1.29, 1.82) is 0 Å². The summed E-state index contributed by atoms with van der Waals surface area (Å²) < 4.78 is 1.68. The average Bonchev–Trinajstić information content (AvgIpc) is 3.20. The molecule has 0 radical (unpaired) electrons. The first-order valence-corrected chi connectivity index (χ1v) is 9.17. The number of likely N-dealkylation sites (N-methyl/N-ethyl adjacent to an activating group) is 1. The summed E-state index contributed by atoms with van der Waals surface area (Å²) in [4.78, 5) is 32.6. The van der Waals surface area contributed by atoms with E-state index in [4.69, 9.17) is 0 Å². The van der Waals surface area contributed by atoms with Gasteiger partial charge in [-0.3, -0.25) is 9.59 Å². The fraction of sp³-hybridized carbons (Fsp3) is 0.474. The lowest BCUT2D eigenvalue weighted by atomic mass is 9.96. The number of aromatic nitrogens is 3. The van der Waals surface area contributed by atoms with Gasteiger partial charge in [-0.05, 0) is 32.1 Å². The Kier molecular flexibility index (Phi) is 6.18. The van der Waals surface area contributed by atoms with Crippen molar-refractivity contribution in [3.05, 3.63) is 42.5 Å². The van der Waals surface area contributed by atoms with Gasteiger partial charge in [0.25, 0.3) is 0 Å². The van der Waals surface area contributed by atoms with Gasteiger partial charge in [0.1, 0.15) is 12.7 Å². The van der Waals surface area contributed by atoms with Crippen LogP contribution in [-0.2, 0) is 16.1 Å².